The number of nitrogens with one attached hydrogen (secondary N) is 2. The number of aromatic nitrogens is 1. The number of nitrogens with zero attached hydrogens (tertiary/aromatic N) is 2. The van der Waals surface area contributed by atoms with Crippen LogP contribution in [0.4, 0.5) is 0 Å². The Morgan fingerprint density at radius 3 is 3.00 bits per heavy atom. The average Bonchev–Trinajstić information content (AvgIpc) is 3.05. The van der Waals surface area contributed by atoms with E-state index in [9.17, 15) is 0 Å². The van der Waals surface area contributed by atoms with Gasteiger partial charge in [0.15, 0.2) is 5.96 Å². The molecular formula is C15H19IN4O2. The van der Waals surface area contributed by atoms with Gasteiger partial charge in [0.25, 0.3) is 0 Å². The lowest BCUT2D eigenvalue weighted by Gasteiger charge is -2.27. The first-order valence-corrected chi connectivity index (χ1v) is 6.95. The van der Waals surface area contributed by atoms with Gasteiger partial charge < -0.3 is 19.9 Å². The Hall–Kier alpha value is -1.77. The highest BCUT2D eigenvalue weighted by Crippen LogP contribution is 2.31. The van der Waals surface area contributed by atoms with Crippen LogP contribution in [0.2, 0.25) is 0 Å². The fraction of sp³-hybridized carbons (Fsp3) is 0.333. The summed E-state index contributed by atoms with van der Waals surface area (Å²) in [6.45, 7) is 1.27. The fourth-order valence-electron chi connectivity index (χ4n) is 2.35. The van der Waals surface area contributed by atoms with Crippen molar-refractivity contribution in [3.8, 4) is 5.75 Å². The minimum Gasteiger partial charge on any atom is -0.493 e. The number of hydrogen-bond acceptors (Lipinski definition) is 4. The van der Waals surface area contributed by atoms with Crippen molar-refractivity contribution in [2.75, 3.05) is 13.7 Å². The molecule has 2 N–H and O–H groups in total. The maximum atomic E-state index is 5.67. The standard InChI is InChI=1S/C15H18N4O2.HI/c1-16-15(17-10-11-6-9-21-19-11)18-13-7-8-20-14-5-3-2-4-12(13)14;/h2-6,9,13H,7-8,10H2,1H3,(H2,16,17,18);1H. The summed E-state index contributed by atoms with van der Waals surface area (Å²) in [5.41, 5.74) is 2.00. The fourth-order valence-corrected chi connectivity index (χ4v) is 2.35. The summed E-state index contributed by atoms with van der Waals surface area (Å²) in [4.78, 5) is 4.25. The number of fused-ring (bicyclic) bond motifs is 1. The van der Waals surface area contributed by atoms with Crippen molar-refractivity contribution in [3.63, 3.8) is 0 Å². The van der Waals surface area contributed by atoms with Gasteiger partial charge in [0.05, 0.1) is 19.2 Å². The molecule has 0 saturated carbocycles. The van der Waals surface area contributed by atoms with Gasteiger partial charge >= 0.3 is 0 Å². The Balaban J connectivity index is 0.00000176. The number of guanidine groups is 1. The number of hydrogen-bond donors (Lipinski definition) is 2. The summed E-state index contributed by atoms with van der Waals surface area (Å²) in [5, 5.41) is 10.5. The maximum absolute atomic E-state index is 5.67. The van der Waals surface area contributed by atoms with Crippen LogP contribution < -0.4 is 15.4 Å². The molecule has 1 unspecified atom stereocenters. The summed E-state index contributed by atoms with van der Waals surface area (Å²) in [6.07, 6.45) is 2.46. The second-order valence-electron chi connectivity index (χ2n) is 4.79. The van der Waals surface area contributed by atoms with Gasteiger partial charge in [-0.15, -0.1) is 24.0 Å². The van der Waals surface area contributed by atoms with E-state index in [2.05, 4.69) is 26.8 Å². The van der Waals surface area contributed by atoms with E-state index < -0.39 is 0 Å². The van der Waals surface area contributed by atoms with E-state index in [1.54, 1.807) is 13.3 Å². The van der Waals surface area contributed by atoms with Gasteiger partial charge in [0, 0.05) is 25.1 Å². The summed E-state index contributed by atoms with van der Waals surface area (Å²) in [7, 11) is 1.75. The van der Waals surface area contributed by atoms with E-state index in [0.29, 0.717) is 13.2 Å². The Labute approximate surface area is 146 Å². The van der Waals surface area contributed by atoms with Crippen LogP contribution in [-0.4, -0.2) is 24.8 Å². The van der Waals surface area contributed by atoms with Crippen molar-refractivity contribution in [1.29, 1.82) is 0 Å². The van der Waals surface area contributed by atoms with Crippen LogP contribution in [-0.2, 0) is 6.54 Å². The lowest BCUT2D eigenvalue weighted by molar-refractivity contribution is 0.261. The molecule has 0 fully saturated rings. The van der Waals surface area contributed by atoms with Crippen LogP contribution in [0.15, 0.2) is 46.1 Å². The summed E-state index contributed by atoms with van der Waals surface area (Å²) >= 11 is 0. The van der Waals surface area contributed by atoms with Crippen LogP contribution in [0, 0.1) is 0 Å². The SMILES string of the molecule is CN=C(NCc1ccon1)NC1CCOc2ccccc21.I. The normalized spacial score (nSPS) is 17.0. The van der Waals surface area contributed by atoms with E-state index in [1.165, 1.54) is 0 Å². The predicted molar refractivity (Wildman–Crippen MR) is 94.5 cm³/mol. The monoisotopic (exact) mass is 414 g/mol. The van der Waals surface area contributed by atoms with E-state index in [0.717, 1.165) is 29.4 Å². The molecule has 2 heterocycles. The quantitative estimate of drug-likeness (QED) is 0.459. The number of aliphatic imine (C=N–C) groups is 1. The van der Waals surface area contributed by atoms with Crippen molar-refractivity contribution in [1.82, 2.24) is 15.8 Å². The maximum Gasteiger partial charge on any atom is 0.191 e. The summed E-state index contributed by atoms with van der Waals surface area (Å²) < 4.78 is 10.5. The highest BCUT2D eigenvalue weighted by molar-refractivity contribution is 14.0. The zero-order valence-electron chi connectivity index (χ0n) is 12.3. The molecule has 0 saturated heterocycles. The molecule has 118 valence electrons. The minimum atomic E-state index is 0. The number of para-hydroxylation sites is 1. The Bertz CT molecular complexity index is 616. The smallest absolute Gasteiger partial charge is 0.191 e. The highest BCUT2D eigenvalue weighted by atomic mass is 127. The molecule has 1 aromatic heterocycles. The minimum absolute atomic E-state index is 0. The van der Waals surface area contributed by atoms with Gasteiger partial charge in [-0.2, -0.15) is 0 Å². The molecule has 7 heteroatoms. The average molecular weight is 414 g/mol. The van der Waals surface area contributed by atoms with Gasteiger partial charge in [-0.3, -0.25) is 4.99 Å². The first kappa shape index (κ1) is 16.6. The molecule has 3 rings (SSSR count). The van der Waals surface area contributed by atoms with Crippen molar-refractivity contribution in [2.45, 2.75) is 19.0 Å². The van der Waals surface area contributed by atoms with Crippen LogP contribution in [0.25, 0.3) is 0 Å². The van der Waals surface area contributed by atoms with Crippen LogP contribution in [0.3, 0.4) is 0 Å². The van der Waals surface area contributed by atoms with Crippen molar-refractivity contribution >= 4 is 29.9 Å². The lowest BCUT2D eigenvalue weighted by atomic mass is 10.0. The predicted octanol–water partition coefficient (Wildman–Crippen LogP) is 2.48. The number of halogens is 1. The molecule has 0 spiro atoms. The van der Waals surface area contributed by atoms with Crippen LogP contribution >= 0.6 is 24.0 Å². The molecule has 22 heavy (non-hydrogen) atoms. The van der Waals surface area contributed by atoms with E-state index >= 15 is 0 Å². The second-order valence-corrected chi connectivity index (χ2v) is 4.79. The molecule has 0 bridgehead atoms. The lowest BCUT2D eigenvalue weighted by Crippen LogP contribution is -2.40. The third kappa shape index (κ3) is 3.90. The second kappa shape index (κ2) is 8.02. The van der Waals surface area contributed by atoms with E-state index in [1.807, 2.05) is 24.3 Å². The molecule has 0 amide bonds. The van der Waals surface area contributed by atoms with Crippen LogP contribution in [0.1, 0.15) is 23.7 Å². The number of rotatable bonds is 3. The van der Waals surface area contributed by atoms with E-state index in [-0.39, 0.29) is 30.0 Å². The summed E-state index contributed by atoms with van der Waals surface area (Å²) in [6, 6.07) is 10.1. The largest absolute Gasteiger partial charge is 0.493 e. The van der Waals surface area contributed by atoms with Gasteiger partial charge in [-0.25, -0.2) is 0 Å². The Morgan fingerprint density at radius 2 is 2.23 bits per heavy atom. The van der Waals surface area contributed by atoms with Gasteiger partial charge in [-0.05, 0) is 6.07 Å². The van der Waals surface area contributed by atoms with Crippen molar-refractivity contribution in [2.24, 2.45) is 4.99 Å². The molecule has 0 aliphatic carbocycles. The summed E-state index contributed by atoms with van der Waals surface area (Å²) in [5.74, 6) is 1.67. The van der Waals surface area contributed by atoms with Crippen molar-refractivity contribution < 1.29 is 9.26 Å². The number of benzene rings is 1. The third-order valence-electron chi connectivity index (χ3n) is 3.42. The molecule has 0 radical (unpaired) electrons. The molecule has 1 aliphatic rings. The molecular weight excluding hydrogens is 395 g/mol. The zero-order valence-corrected chi connectivity index (χ0v) is 14.6. The number of ether oxygens (including phenoxy) is 1. The molecule has 2 aromatic rings. The Kier molecular flexibility index (Phi) is 6.05. The zero-order chi connectivity index (χ0) is 14.5. The van der Waals surface area contributed by atoms with Crippen molar-refractivity contribution in [3.05, 3.63) is 47.9 Å². The van der Waals surface area contributed by atoms with Gasteiger partial charge in [0.1, 0.15) is 17.7 Å². The first-order valence-electron chi connectivity index (χ1n) is 6.95. The molecule has 6 nitrogen and oxygen atoms in total. The molecule has 1 atom stereocenters. The van der Waals surface area contributed by atoms with Gasteiger partial charge in [0.2, 0.25) is 0 Å². The first-order chi connectivity index (χ1) is 10.4. The Morgan fingerprint density at radius 1 is 1.36 bits per heavy atom. The molecule has 1 aromatic carbocycles. The van der Waals surface area contributed by atoms with Gasteiger partial charge in [-0.1, -0.05) is 23.4 Å². The van der Waals surface area contributed by atoms with Crippen LogP contribution in [0.5, 0.6) is 5.75 Å². The third-order valence-corrected chi connectivity index (χ3v) is 3.42. The van der Waals surface area contributed by atoms with E-state index in [4.69, 9.17) is 9.26 Å². The topological polar surface area (TPSA) is 71.7 Å². The molecule has 1 aliphatic heterocycles. The highest BCUT2D eigenvalue weighted by Gasteiger charge is 2.21.